The maximum atomic E-state index is 11.9. The van der Waals surface area contributed by atoms with Gasteiger partial charge in [0.2, 0.25) is 0 Å². The molecule has 4 aliphatic carbocycles. The fourth-order valence-electron chi connectivity index (χ4n) is 10.5. The Morgan fingerprint density at radius 2 is 1.72 bits per heavy atom. The molecule has 0 spiro atoms. The maximum absolute atomic E-state index is 11.9. The molecule has 2 aliphatic heterocycles. The lowest BCUT2D eigenvalue weighted by atomic mass is 9.51. The Morgan fingerprint density at radius 1 is 0.906 bits per heavy atom. The van der Waals surface area contributed by atoms with Gasteiger partial charge in [-0.1, -0.05) is 19.0 Å². The van der Waals surface area contributed by atoms with Gasteiger partial charge < -0.3 is 15.4 Å². The molecule has 32 heavy (non-hydrogen) atoms. The zero-order chi connectivity index (χ0) is 22.4. The van der Waals surface area contributed by atoms with Crippen LogP contribution in [0.2, 0.25) is 0 Å². The van der Waals surface area contributed by atoms with E-state index in [1.807, 2.05) is 0 Å². The second-order valence-electron chi connectivity index (χ2n) is 13.3. The van der Waals surface area contributed by atoms with Crippen molar-refractivity contribution in [2.24, 2.45) is 57.9 Å². The number of nitrogens with zero attached hydrogens (tertiary/aromatic N) is 2. The van der Waals surface area contributed by atoms with Gasteiger partial charge in [-0.15, -0.1) is 0 Å². The Labute approximate surface area is 193 Å². The number of hydrogen-bond acceptors (Lipinski definition) is 5. The Balaban J connectivity index is 1.32. The fourth-order valence-corrected chi connectivity index (χ4v) is 10.5. The van der Waals surface area contributed by atoms with Gasteiger partial charge >= 0.3 is 0 Å². The lowest BCUT2D eigenvalue weighted by Gasteiger charge is -2.59. The summed E-state index contributed by atoms with van der Waals surface area (Å²) < 4.78 is 0. The second kappa shape index (κ2) is 7.42. The van der Waals surface area contributed by atoms with Crippen LogP contribution in [0.25, 0.3) is 0 Å². The summed E-state index contributed by atoms with van der Waals surface area (Å²) in [7, 11) is 0. The highest BCUT2D eigenvalue weighted by molar-refractivity contribution is 5.88. The normalized spacial score (nSPS) is 59.0. The first-order valence-corrected chi connectivity index (χ1v) is 13.6. The molecule has 0 amide bonds. The predicted octanol–water partition coefficient (Wildman–Crippen LogP) is 4.15. The van der Waals surface area contributed by atoms with Crippen LogP contribution in [0.1, 0.15) is 78.6 Å². The molecule has 0 aromatic carbocycles. The van der Waals surface area contributed by atoms with Crippen LogP contribution >= 0.6 is 0 Å². The largest absolute Gasteiger partial charge is 0.411 e. The quantitative estimate of drug-likeness (QED) is 0.388. The van der Waals surface area contributed by atoms with Crippen LogP contribution in [-0.4, -0.2) is 56.9 Å². The van der Waals surface area contributed by atoms with Gasteiger partial charge in [0.1, 0.15) is 0 Å². The van der Waals surface area contributed by atoms with E-state index in [0.29, 0.717) is 41.5 Å². The SMILES string of the molecule is CC1CC[C@@H]2N(C1)CC1C(CC[C@H]3C4CC(=NO)[C@H]5CC(O)CCC5(C)[C@H]4C[C@@H]13)[C@]2(C)O. The van der Waals surface area contributed by atoms with Crippen molar-refractivity contribution in [1.82, 2.24) is 4.90 Å². The molecule has 2 heterocycles. The summed E-state index contributed by atoms with van der Waals surface area (Å²) in [5.41, 5.74) is 0.549. The van der Waals surface area contributed by atoms with Crippen LogP contribution in [0.4, 0.5) is 0 Å². The summed E-state index contributed by atoms with van der Waals surface area (Å²) in [6.07, 6.45) is 9.45. The molecule has 5 heteroatoms. The summed E-state index contributed by atoms with van der Waals surface area (Å²) in [4.78, 5) is 2.67. The van der Waals surface area contributed by atoms with E-state index in [1.165, 1.54) is 25.8 Å². The van der Waals surface area contributed by atoms with Crippen molar-refractivity contribution in [1.29, 1.82) is 0 Å². The lowest BCUT2D eigenvalue weighted by Crippen LogP contribution is -2.67. The summed E-state index contributed by atoms with van der Waals surface area (Å²) in [5.74, 6) is 4.68. The van der Waals surface area contributed by atoms with E-state index in [9.17, 15) is 15.4 Å². The Hall–Kier alpha value is -0.650. The molecule has 0 bridgehead atoms. The van der Waals surface area contributed by atoms with Crippen molar-refractivity contribution in [3.63, 3.8) is 0 Å². The molecule has 6 fully saturated rings. The lowest BCUT2D eigenvalue weighted by molar-refractivity contribution is -0.175. The van der Waals surface area contributed by atoms with E-state index < -0.39 is 5.60 Å². The highest BCUT2D eigenvalue weighted by Gasteiger charge is 2.64. The zero-order valence-corrected chi connectivity index (χ0v) is 20.3. The molecule has 6 rings (SSSR count). The van der Waals surface area contributed by atoms with E-state index in [1.54, 1.807) is 0 Å². The summed E-state index contributed by atoms with van der Waals surface area (Å²) >= 11 is 0. The smallest absolute Gasteiger partial charge is 0.0805 e. The standard InChI is InChI=1S/C27H44N2O3/c1-15-4-7-25-27(3,31)21-6-5-17-18(20(21)14-29(25)13-15)11-22-19(17)12-24(28-32)23-10-16(30)8-9-26(22,23)2/h15-23,25,30-32H,4-14H2,1-3H3/t15?,16?,17-,18-,19?,20?,21?,22+,23-,25+,26?,27+/m1/s1. The molecule has 2 saturated heterocycles. The van der Waals surface area contributed by atoms with Crippen molar-refractivity contribution in [3.05, 3.63) is 0 Å². The van der Waals surface area contributed by atoms with Gasteiger partial charge in [-0.25, -0.2) is 0 Å². The molecule has 3 N–H and O–H groups in total. The van der Waals surface area contributed by atoms with Gasteiger partial charge in [0.15, 0.2) is 0 Å². The molecular formula is C27H44N2O3. The second-order valence-corrected chi connectivity index (χ2v) is 13.3. The number of piperidine rings is 2. The summed E-state index contributed by atoms with van der Waals surface area (Å²) in [6, 6.07) is 0.343. The van der Waals surface area contributed by atoms with Crippen molar-refractivity contribution < 1.29 is 15.4 Å². The molecular weight excluding hydrogens is 400 g/mol. The molecule has 6 unspecified atom stereocenters. The van der Waals surface area contributed by atoms with Gasteiger partial charge in [-0.05, 0) is 112 Å². The van der Waals surface area contributed by atoms with Crippen molar-refractivity contribution in [3.8, 4) is 0 Å². The first kappa shape index (κ1) is 21.9. The third kappa shape index (κ3) is 2.95. The van der Waals surface area contributed by atoms with Gasteiger partial charge in [-0.3, -0.25) is 4.90 Å². The molecule has 0 radical (unpaired) electrons. The Bertz CT molecular complexity index is 783. The molecule has 4 saturated carbocycles. The van der Waals surface area contributed by atoms with Gasteiger partial charge in [0.25, 0.3) is 0 Å². The van der Waals surface area contributed by atoms with Crippen LogP contribution in [0.5, 0.6) is 0 Å². The molecule has 12 atom stereocenters. The predicted molar refractivity (Wildman–Crippen MR) is 124 cm³/mol. The van der Waals surface area contributed by atoms with Crippen molar-refractivity contribution in [2.75, 3.05) is 13.1 Å². The van der Waals surface area contributed by atoms with Crippen LogP contribution in [0, 0.1) is 52.8 Å². The maximum Gasteiger partial charge on any atom is 0.0805 e. The minimum absolute atomic E-state index is 0.149. The topological polar surface area (TPSA) is 76.3 Å². The minimum atomic E-state index is -0.569. The van der Waals surface area contributed by atoms with Crippen LogP contribution in [0.3, 0.4) is 0 Å². The average molecular weight is 445 g/mol. The molecule has 180 valence electrons. The number of rotatable bonds is 0. The zero-order valence-electron chi connectivity index (χ0n) is 20.3. The number of hydrogen-bond donors (Lipinski definition) is 3. The van der Waals surface area contributed by atoms with Crippen molar-refractivity contribution in [2.45, 2.75) is 96.3 Å². The summed E-state index contributed by atoms with van der Waals surface area (Å²) in [5, 5.41) is 36.0. The molecule has 5 nitrogen and oxygen atoms in total. The van der Waals surface area contributed by atoms with E-state index in [-0.39, 0.29) is 17.4 Å². The third-order valence-corrected chi connectivity index (χ3v) is 12.0. The van der Waals surface area contributed by atoms with Crippen molar-refractivity contribution >= 4 is 5.71 Å². The highest BCUT2D eigenvalue weighted by atomic mass is 16.4. The average Bonchev–Trinajstić information content (AvgIpc) is 3.14. The molecule has 6 aliphatic rings. The first-order chi connectivity index (χ1) is 15.2. The van der Waals surface area contributed by atoms with E-state index in [0.717, 1.165) is 56.7 Å². The summed E-state index contributed by atoms with van der Waals surface area (Å²) in [6.45, 7) is 9.30. The third-order valence-electron chi connectivity index (χ3n) is 12.0. The minimum Gasteiger partial charge on any atom is -0.411 e. The first-order valence-electron chi connectivity index (χ1n) is 13.6. The highest BCUT2D eigenvalue weighted by Crippen LogP contribution is 2.66. The Kier molecular flexibility index (Phi) is 5.07. The van der Waals surface area contributed by atoms with Crippen LogP contribution in [-0.2, 0) is 0 Å². The van der Waals surface area contributed by atoms with Gasteiger partial charge in [-0.2, -0.15) is 0 Å². The number of oxime groups is 1. The van der Waals surface area contributed by atoms with Gasteiger partial charge in [0.05, 0.1) is 17.4 Å². The molecule has 0 aromatic heterocycles. The monoisotopic (exact) mass is 444 g/mol. The van der Waals surface area contributed by atoms with Gasteiger partial charge in [0, 0.05) is 25.0 Å². The molecule has 0 aromatic rings. The number of aliphatic hydroxyl groups is 2. The Morgan fingerprint density at radius 3 is 2.50 bits per heavy atom. The van der Waals surface area contributed by atoms with Crippen LogP contribution < -0.4 is 0 Å². The fraction of sp³-hybridized carbons (Fsp3) is 0.963. The van der Waals surface area contributed by atoms with E-state index in [2.05, 4.69) is 30.8 Å². The number of fused-ring (bicyclic) bond motifs is 8. The van der Waals surface area contributed by atoms with Crippen LogP contribution in [0.15, 0.2) is 5.16 Å². The van der Waals surface area contributed by atoms with E-state index >= 15 is 0 Å². The van der Waals surface area contributed by atoms with E-state index in [4.69, 9.17) is 0 Å². The number of aliphatic hydroxyl groups excluding tert-OH is 1.